The van der Waals surface area contributed by atoms with Crippen LogP contribution in [0.25, 0.3) is 0 Å². The average Bonchev–Trinajstić information content (AvgIpc) is 2.40. The largest absolute Gasteiger partial charge is 0.481 e. The number of benzene rings is 1. The number of carbonyl (C=O) groups excluding carboxylic acids is 1. The van der Waals surface area contributed by atoms with Crippen LogP contribution >= 0.6 is 0 Å². The van der Waals surface area contributed by atoms with Crippen LogP contribution in [0.5, 0.6) is 0 Å². The number of alkyl halides is 3. The molecule has 0 saturated heterocycles. The maximum atomic E-state index is 13.2. The summed E-state index contributed by atoms with van der Waals surface area (Å²) in [4.78, 5) is 11.3. The van der Waals surface area contributed by atoms with Crippen molar-refractivity contribution in [3.63, 3.8) is 0 Å². The fraction of sp³-hybridized carbons (Fsp3) is 0.182. The van der Waals surface area contributed by atoms with Gasteiger partial charge < -0.3 is 9.84 Å². The van der Waals surface area contributed by atoms with Crippen molar-refractivity contribution in [2.24, 2.45) is 0 Å². The van der Waals surface area contributed by atoms with Crippen molar-refractivity contribution in [3.8, 4) is 0 Å². The zero-order valence-electron chi connectivity index (χ0n) is 10.1. The molecule has 11 heteroatoms. The third-order valence-corrected chi connectivity index (χ3v) is 2.09. The van der Waals surface area contributed by atoms with Gasteiger partial charge in [0.05, 0.1) is 11.6 Å². The summed E-state index contributed by atoms with van der Waals surface area (Å²) >= 11 is 0. The van der Waals surface area contributed by atoms with Gasteiger partial charge in [-0.3, -0.25) is 4.79 Å². The minimum atomic E-state index is -4.89. The quantitative estimate of drug-likeness (QED) is 0.228. The van der Waals surface area contributed by atoms with E-state index in [-0.39, 0.29) is 6.08 Å². The van der Waals surface area contributed by atoms with Crippen LogP contribution in [-0.2, 0) is 4.74 Å². The first-order valence-corrected chi connectivity index (χ1v) is 5.11. The molecule has 0 radical (unpaired) electrons. The van der Waals surface area contributed by atoms with Crippen molar-refractivity contribution in [3.05, 3.63) is 46.7 Å². The third kappa shape index (κ3) is 3.86. The van der Waals surface area contributed by atoms with Gasteiger partial charge in [-0.2, -0.15) is 13.2 Å². The Balaban J connectivity index is 3.14. The lowest BCUT2D eigenvalue weighted by atomic mass is 10.1. The van der Waals surface area contributed by atoms with Crippen molar-refractivity contribution >= 4 is 5.78 Å². The van der Waals surface area contributed by atoms with Crippen LogP contribution in [0.3, 0.4) is 0 Å². The predicted molar refractivity (Wildman–Crippen MR) is 53.3 cm³/mol. The monoisotopic (exact) mass is 336 g/mol. The standard InChI is InChI=1S/C11H4F8O3/c12-6-5(7(13)9(15)10(16)8(6)14)3(20)1-4(21)22-2-11(17,18)19/h1,21H,2H2/b4-1+. The van der Waals surface area contributed by atoms with Gasteiger partial charge in [0, 0.05) is 0 Å². The van der Waals surface area contributed by atoms with Crippen LogP contribution in [0.4, 0.5) is 35.1 Å². The molecule has 1 aromatic rings. The number of hydrogen-bond acceptors (Lipinski definition) is 3. The van der Waals surface area contributed by atoms with E-state index in [9.17, 15) is 39.9 Å². The van der Waals surface area contributed by atoms with Crippen LogP contribution in [-0.4, -0.2) is 23.7 Å². The van der Waals surface area contributed by atoms with E-state index in [1.54, 1.807) is 0 Å². The van der Waals surface area contributed by atoms with Gasteiger partial charge in [0.15, 0.2) is 35.7 Å². The number of carbonyl (C=O) groups is 1. The number of rotatable bonds is 4. The van der Waals surface area contributed by atoms with E-state index in [2.05, 4.69) is 4.74 Å². The van der Waals surface area contributed by atoms with Gasteiger partial charge in [0.2, 0.25) is 5.82 Å². The molecule has 0 fully saturated rings. The summed E-state index contributed by atoms with van der Waals surface area (Å²) in [7, 11) is 0. The summed E-state index contributed by atoms with van der Waals surface area (Å²) in [6.45, 7) is -2.04. The van der Waals surface area contributed by atoms with Gasteiger partial charge in [-0.05, 0) is 0 Å². The molecule has 0 unspecified atom stereocenters. The molecule has 3 nitrogen and oxygen atoms in total. The summed E-state index contributed by atoms with van der Waals surface area (Å²) in [5.41, 5.74) is -1.95. The highest BCUT2D eigenvalue weighted by atomic mass is 19.4. The smallest absolute Gasteiger partial charge is 0.422 e. The lowest BCUT2D eigenvalue weighted by Crippen LogP contribution is -2.17. The summed E-state index contributed by atoms with van der Waals surface area (Å²) in [6.07, 6.45) is -5.15. The molecule has 0 spiro atoms. The predicted octanol–water partition coefficient (Wildman–Crippen LogP) is 3.54. The Morgan fingerprint density at radius 1 is 0.955 bits per heavy atom. The van der Waals surface area contributed by atoms with E-state index in [1.807, 2.05) is 0 Å². The highest BCUT2D eigenvalue weighted by Crippen LogP contribution is 2.24. The van der Waals surface area contributed by atoms with Crippen molar-refractivity contribution < 1.29 is 49.8 Å². The number of ether oxygens (including phenoxy) is 1. The maximum Gasteiger partial charge on any atom is 0.422 e. The Kier molecular flexibility index (Phi) is 4.99. The Hall–Kier alpha value is -2.33. The zero-order chi connectivity index (χ0) is 17.2. The van der Waals surface area contributed by atoms with Gasteiger partial charge in [-0.1, -0.05) is 0 Å². The molecule has 0 atom stereocenters. The van der Waals surface area contributed by atoms with Crippen molar-refractivity contribution in [1.29, 1.82) is 0 Å². The minimum Gasteiger partial charge on any atom is -0.481 e. The van der Waals surface area contributed by atoms with E-state index in [0.29, 0.717) is 0 Å². The Labute approximate surface area is 116 Å². The van der Waals surface area contributed by atoms with Gasteiger partial charge in [0.1, 0.15) is 0 Å². The van der Waals surface area contributed by atoms with Gasteiger partial charge >= 0.3 is 6.18 Å². The first kappa shape index (κ1) is 17.7. The minimum absolute atomic E-state index is 0.260. The molecule has 1 rings (SSSR count). The number of hydrogen-bond donors (Lipinski definition) is 1. The summed E-state index contributed by atoms with van der Waals surface area (Å²) in [5.74, 6) is -16.1. The number of ketones is 1. The molecule has 0 aromatic heterocycles. The first-order valence-electron chi connectivity index (χ1n) is 5.11. The second-order valence-electron chi connectivity index (χ2n) is 3.70. The van der Waals surface area contributed by atoms with E-state index in [4.69, 9.17) is 5.11 Å². The first-order chi connectivity index (χ1) is 9.95. The van der Waals surface area contributed by atoms with Crippen LogP contribution in [0.2, 0.25) is 0 Å². The lowest BCUT2D eigenvalue weighted by molar-refractivity contribution is -0.173. The maximum absolute atomic E-state index is 13.2. The van der Waals surface area contributed by atoms with Crippen molar-refractivity contribution in [2.45, 2.75) is 6.18 Å². The Morgan fingerprint density at radius 2 is 1.36 bits per heavy atom. The highest BCUT2D eigenvalue weighted by Gasteiger charge is 2.31. The second kappa shape index (κ2) is 6.20. The molecule has 0 aliphatic carbocycles. The number of aliphatic hydroxyl groups is 1. The van der Waals surface area contributed by atoms with E-state index in [1.165, 1.54) is 0 Å². The summed E-state index contributed by atoms with van der Waals surface area (Å²) < 4.78 is 104. The fourth-order valence-corrected chi connectivity index (χ4v) is 1.20. The van der Waals surface area contributed by atoms with Gasteiger partial charge in [-0.15, -0.1) is 0 Å². The molecular formula is C11H4F8O3. The van der Waals surface area contributed by atoms with Gasteiger partial charge in [-0.25, -0.2) is 22.0 Å². The molecule has 0 aliphatic rings. The molecule has 22 heavy (non-hydrogen) atoms. The van der Waals surface area contributed by atoms with Crippen molar-refractivity contribution in [2.75, 3.05) is 6.61 Å². The summed E-state index contributed by atoms with van der Waals surface area (Å²) in [5, 5.41) is 8.83. The molecule has 0 heterocycles. The SMILES string of the molecule is O=C(/C=C(\O)OCC(F)(F)F)c1c(F)c(F)c(F)c(F)c1F. The van der Waals surface area contributed by atoms with Crippen LogP contribution in [0.15, 0.2) is 12.0 Å². The normalized spacial score (nSPS) is 12.5. The van der Waals surface area contributed by atoms with Crippen molar-refractivity contribution in [1.82, 2.24) is 0 Å². The lowest BCUT2D eigenvalue weighted by Gasteiger charge is -2.08. The Morgan fingerprint density at radius 3 is 1.77 bits per heavy atom. The van der Waals surface area contributed by atoms with E-state index < -0.39 is 59.2 Å². The number of allylic oxidation sites excluding steroid dienone is 1. The molecule has 0 amide bonds. The van der Waals surface area contributed by atoms with Crippen LogP contribution < -0.4 is 0 Å². The van der Waals surface area contributed by atoms with Crippen LogP contribution in [0.1, 0.15) is 10.4 Å². The van der Waals surface area contributed by atoms with E-state index >= 15 is 0 Å². The molecule has 1 aromatic carbocycles. The van der Waals surface area contributed by atoms with Crippen LogP contribution in [0, 0.1) is 29.1 Å². The van der Waals surface area contributed by atoms with Gasteiger partial charge in [0.25, 0.3) is 5.95 Å². The molecule has 0 saturated carbocycles. The topological polar surface area (TPSA) is 46.5 Å². The molecular weight excluding hydrogens is 332 g/mol. The zero-order valence-corrected chi connectivity index (χ0v) is 10.1. The Bertz CT molecular complexity index is 606. The number of aliphatic hydroxyl groups excluding tert-OH is 1. The number of halogens is 8. The molecule has 1 N–H and O–H groups in total. The second-order valence-corrected chi connectivity index (χ2v) is 3.70. The highest BCUT2D eigenvalue weighted by molar-refractivity contribution is 6.05. The summed E-state index contributed by atoms with van der Waals surface area (Å²) in [6, 6.07) is 0. The fourth-order valence-electron chi connectivity index (χ4n) is 1.20. The molecule has 122 valence electrons. The molecule has 0 bridgehead atoms. The molecule has 0 aliphatic heterocycles. The van der Waals surface area contributed by atoms with E-state index in [0.717, 1.165) is 0 Å². The third-order valence-electron chi connectivity index (χ3n) is 2.09. The average molecular weight is 336 g/mol.